The molecule has 0 radical (unpaired) electrons. The van der Waals surface area contributed by atoms with Gasteiger partial charge in [0.1, 0.15) is 5.78 Å². The Kier molecular flexibility index (Phi) is 3.92. The zero-order valence-corrected chi connectivity index (χ0v) is 19.0. The topological polar surface area (TPSA) is 54.4 Å². The maximum Gasteiger partial charge on any atom is 0.220 e. The third kappa shape index (κ3) is 2.27. The molecule has 3 nitrogen and oxygen atoms in total. The Morgan fingerprint density at radius 3 is 2.43 bits per heavy atom. The van der Waals surface area contributed by atoms with Crippen molar-refractivity contribution in [3.05, 3.63) is 46.8 Å². The standard InChI is InChI=1S/C27H34O3/c1-16-12-23-24(2,15-21(16)30)8-10-26(4)22-7-6-17-13-19(28)20(29)14-18(17)25(22,3)9-11-27(23,26)5/h6-7,13-14,16,23,28H,8-12,15H2,1-5H3. The van der Waals surface area contributed by atoms with Gasteiger partial charge < -0.3 is 5.11 Å². The molecule has 0 aromatic heterocycles. The Balaban J connectivity index is 1.64. The number of hydrogen-bond donors (Lipinski definition) is 1. The van der Waals surface area contributed by atoms with Gasteiger partial charge in [-0.25, -0.2) is 0 Å². The molecule has 160 valence electrons. The van der Waals surface area contributed by atoms with Crippen LogP contribution in [0.15, 0.2) is 46.8 Å². The quantitative estimate of drug-likeness (QED) is 0.534. The lowest BCUT2D eigenvalue weighted by Gasteiger charge is -2.69. The summed E-state index contributed by atoms with van der Waals surface area (Å²) in [6, 6.07) is 0. The second-order valence-corrected chi connectivity index (χ2v) is 11.7. The van der Waals surface area contributed by atoms with Gasteiger partial charge in [0.2, 0.25) is 5.78 Å². The maximum atomic E-state index is 12.6. The highest BCUT2D eigenvalue weighted by Crippen LogP contribution is 2.74. The first kappa shape index (κ1) is 20.0. The van der Waals surface area contributed by atoms with Gasteiger partial charge in [0.25, 0.3) is 0 Å². The van der Waals surface area contributed by atoms with Crippen LogP contribution in [0.2, 0.25) is 0 Å². The van der Waals surface area contributed by atoms with Gasteiger partial charge in [0.05, 0.1) is 0 Å². The molecule has 5 rings (SSSR count). The first-order valence-electron chi connectivity index (χ1n) is 11.6. The molecule has 0 aromatic carbocycles. The summed E-state index contributed by atoms with van der Waals surface area (Å²) in [6.07, 6.45) is 13.7. The predicted molar refractivity (Wildman–Crippen MR) is 118 cm³/mol. The number of rotatable bonds is 0. The lowest BCUT2D eigenvalue weighted by molar-refractivity contribution is -0.161. The summed E-state index contributed by atoms with van der Waals surface area (Å²) in [6.45, 7) is 11.7. The van der Waals surface area contributed by atoms with E-state index in [2.05, 4.69) is 46.8 Å². The summed E-state index contributed by atoms with van der Waals surface area (Å²) in [5, 5.41) is 9.96. The van der Waals surface area contributed by atoms with Crippen LogP contribution in [0.25, 0.3) is 0 Å². The second kappa shape index (κ2) is 5.87. The van der Waals surface area contributed by atoms with Crippen LogP contribution < -0.4 is 0 Å². The Labute approximate surface area is 180 Å². The van der Waals surface area contributed by atoms with Crippen LogP contribution in [0.5, 0.6) is 0 Å². The summed E-state index contributed by atoms with van der Waals surface area (Å²) >= 11 is 0. The maximum absolute atomic E-state index is 12.6. The first-order valence-corrected chi connectivity index (χ1v) is 11.6. The summed E-state index contributed by atoms with van der Waals surface area (Å²) in [7, 11) is 0. The third-order valence-corrected chi connectivity index (χ3v) is 10.3. The fourth-order valence-electron chi connectivity index (χ4n) is 8.13. The van der Waals surface area contributed by atoms with E-state index in [9.17, 15) is 14.7 Å². The van der Waals surface area contributed by atoms with Gasteiger partial charge in [-0.05, 0) is 77.6 Å². The molecule has 0 amide bonds. The van der Waals surface area contributed by atoms with Gasteiger partial charge in [-0.3, -0.25) is 9.59 Å². The lowest BCUT2D eigenvalue weighted by atomic mass is 9.35. The zero-order chi connectivity index (χ0) is 21.7. The van der Waals surface area contributed by atoms with Crippen molar-refractivity contribution in [1.29, 1.82) is 0 Å². The van der Waals surface area contributed by atoms with Crippen molar-refractivity contribution in [3.8, 4) is 0 Å². The molecule has 3 fully saturated rings. The number of Topliss-reactive ketones (excluding diaryl/α,β-unsaturated/α-hetero) is 1. The van der Waals surface area contributed by atoms with Gasteiger partial charge in [-0.15, -0.1) is 0 Å². The second-order valence-electron chi connectivity index (χ2n) is 11.7. The minimum atomic E-state index is -0.279. The normalized spacial score (nSPS) is 47.6. The van der Waals surface area contributed by atoms with Crippen molar-refractivity contribution in [2.75, 3.05) is 0 Å². The van der Waals surface area contributed by atoms with E-state index < -0.39 is 0 Å². The Morgan fingerprint density at radius 1 is 0.967 bits per heavy atom. The molecule has 3 heteroatoms. The molecule has 5 aliphatic carbocycles. The van der Waals surface area contributed by atoms with Gasteiger partial charge in [0.15, 0.2) is 5.76 Å². The zero-order valence-electron chi connectivity index (χ0n) is 19.0. The summed E-state index contributed by atoms with van der Waals surface area (Å²) in [5.41, 5.74) is 3.62. The van der Waals surface area contributed by atoms with Crippen molar-refractivity contribution in [1.82, 2.24) is 0 Å². The molecular formula is C27H34O3. The van der Waals surface area contributed by atoms with Crippen LogP contribution in [0, 0.1) is 33.5 Å². The predicted octanol–water partition coefficient (Wildman–Crippen LogP) is 6.03. The van der Waals surface area contributed by atoms with Crippen molar-refractivity contribution < 1.29 is 14.7 Å². The van der Waals surface area contributed by atoms with Crippen LogP contribution >= 0.6 is 0 Å². The van der Waals surface area contributed by atoms with Crippen LogP contribution in [-0.2, 0) is 9.59 Å². The number of allylic oxidation sites excluding steroid dienone is 7. The fourth-order valence-corrected chi connectivity index (χ4v) is 8.13. The summed E-state index contributed by atoms with van der Waals surface area (Å²) in [5.74, 6) is 0.710. The Morgan fingerprint density at radius 2 is 1.70 bits per heavy atom. The number of ketones is 2. The molecule has 30 heavy (non-hydrogen) atoms. The summed E-state index contributed by atoms with van der Waals surface area (Å²) in [4.78, 5) is 24.9. The van der Waals surface area contributed by atoms with Gasteiger partial charge in [-0.2, -0.15) is 0 Å². The highest BCUT2D eigenvalue weighted by atomic mass is 16.3. The number of carbonyl (C=O) groups is 2. The smallest absolute Gasteiger partial charge is 0.220 e. The first-order chi connectivity index (χ1) is 13.9. The van der Waals surface area contributed by atoms with E-state index in [1.54, 1.807) is 12.2 Å². The molecule has 6 atom stereocenters. The van der Waals surface area contributed by atoms with Gasteiger partial charge in [-0.1, -0.05) is 52.3 Å². The summed E-state index contributed by atoms with van der Waals surface area (Å²) < 4.78 is 0. The Bertz CT molecular complexity index is 994. The van der Waals surface area contributed by atoms with Crippen LogP contribution in [-0.4, -0.2) is 16.7 Å². The van der Waals surface area contributed by atoms with Crippen molar-refractivity contribution in [3.63, 3.8) is 0 Å². The number of carbonyl (C=O) groups excluding carboxylic acids is 2. The molecule has 0 heterocycles. The molecule has 0 aromatic rings. The Hall–Kier alpha value is -1.90. The third-order valence-electron chi connectivity index (χ3n) is 10.3. The van der Waals surface area contributed by atoms with E-state index >= 15 is 0 Å². The van der Waals surface area contributed by atoms with Gasteiger partial charge >= 0.3 is 0 Å². The van der Waals surface area contributed by atoms with Crippen molar-refractivity contribution >= 4 is 11.6 Å². The van der Waals surface area contributed by atoms with E-state index in [4.69, 9.17) is 0 Å². The van der Waals surface area contributed by atoms with E-state index in [1.165, 1.54) is 5.57 Å². The highest BCUT2D eigenvalue weighted by Gasteiger charge is 2.66. The lowest BCUT2D eigenvalue weighted by Crippen LogP contribution is -2.61. The minimum Gasteiger partial charge on any atom is -0.504 e. The monoisotopic (exact) mass is 406 g/mol. The highest BCUT2D eigenvalue weighted by molar-refractivity contribution is 6.05. The average Bonchev–Trinajstić information content (AvgIpc) is 2.68. The van der Waals surface area contributed by atoms with Crippen molar-refractivity contribution in [2.45, 2.75) is 73.1 Å². The minimum absolute atomic E-state index is 0.0411. The SMILES string of the molecule is CC1CC2C(C)(CCC3(C)C4=CC=C5C=C(O)C(=O)C=C5C4(C)CCC23C)CC1=O. The average molecular weight is 407 g/mol. The van der Waals surface area contributed by atoms with E-state index in [1.807, 2.05) is 0 Å². The largest absolute Gasteiger partial charge is 0.504 e. The van der Waals surface area contributed by atoms with Crippen LogP contribution in [0.1, 0.15) is 73.1 Å². The van der Waals surface area contributed by atoms with E-state index in [0.29, 0.717) is 11.7 Å². The van der Waals surface area contributed by atoms with E-state index in [0.717, 1.165) is 49.7 Å². The van der Waals surface area contributed by atoms with Crippen molar-refractivity contribution in [2.24, 2.45) is 33.5 Å². The number of aliphatic hydroxyl groups is 1. The molecule has 0 bridgehead atoms. The fraction of sp³-hybridized carbons (Fsp3) is 0.630. The van der Waals surface area contributed by atoms with Gasteiger partial charge in [0, 0.05) is 17.8 Å². The molecule has 3 saturated carbocycles. The molecule has 6 unspecified atom stereocenters. The van der Waals surface area contributed by atoms with Crippen LogP contribution in [0.3, 0.4) is 0 Å². The number of aliphatic hydroxyl groups excluding tert-OH is 1. The number of hydrogen-bond acceptors (Lipinski definition) is 3. The van der Waals surface area contributed by atoms with E-state index in [-0.39, 0.29) is 39.1 Å². The molecule has 0 saturated heterocycles. The molecule has 0 spiro atoms. The molecule has 5 aliphatic rings. The molecule has 0 aliphatic heterocycles. The molecule has 1 N–H and O–H groups in total. The number of fused-ring (bicyclic) bond motifs is 7. The van der Waals surface area contributed by atoms with Crippen LogP contribution in [0.4, 0.5) is 0 Å². The molecular weight excluding hydrogens is 372 g/mol.